The predicted octanol–water partition coefficient (Wildman–Crippen LogP) is 3.29. The number of ether oxygens (including phenoxy) is 1. The van der Waals surface area contributed by atoms with Crippen LogP contribution in [0.3, 0.4) is 0 Å². The van der Waals surface area contributed by atoms with Crippen molar-refractivity contribution in [3.8, 4) is 0 Å². The normalized spacial score (nSPS) is 24.8. The molecule has 94 valence electrons. The van der Waals surface area contributed by atoms with Crippen LogP contribution >= 0.6 is 0 Å². The van der Waals surface area contributed by atoms with E-state index < -0.39 is 0 Å². The van der Waals surface area contributed by atoms with Crippen LogP contribution in [0.4, 0.5) is 0 Å². The van der Waals surface area contributed by atoms with Gasteiger partial charge in [0, 0.05) is 12.6 Å². The molecule has 0 bridgehead atoms. The summed E-state index contributed by atoms with van der Waals surface area (Å²) in [6.07, 6.45) is 2.71. The van der Waals surface area contributed by atoms with Crippen LogP contribution in [0.5, 0.6) is 0 Å². The summed E-state index contributed by atoms with van der Waals surface area (Å²) in [6, 6.07) is 10.9. The minimum absolute atomic E-state index is 0.0718. The highest BCUT2D eigenvalue weighted by Crippen LogP contribution is 2.29. The van der Waals surface area contributed by atoms with Crippen LogP contribution in [0.1, 0.15) is 45.2 Å². The van der Waals surface area contributed by atoms with Gasteiger partial charge in [-0.2, -0.15) is 0 Å². The van der Waals surface area contributed by atoms with Crippen molar-refractivity contribution >= 4 is 0 Å². The third kappa shape index (κ3) is 3.55. The van der Waals surface area contributed by atoms with Crippen LogP contribution in [0, 0.1) is 0 Å². The summed E-state index contributed by atoms with van der Waals surface area (Å²) in [5.41, 5.74) is 1.41. The second-order valence-corrected chi connectivity index (χ2v) is 5.58. The number of hydrogen-bond acceptors (Lipinski definition) is 2. The van der Waals surface area contributed by atoms with Gasteiger partial charge in [-0.15, -0.1) is 0 Å². The molecule has 1 aromatic rings. The van der Waals surface area contributed by atoms with E-state index in [0.29, 0.717) is 12.1 Å². The summed E-state index contributed by atoms with van der Waals surface area (Å²) in [7, 11) is 0. The molecule has 0 spiro atoms. The molecule has 2 nitrogen and oxygen atoms in total. The average Bonchev–Trinajstić information content (AvgIpc) is 2.67. The van der Waals surface area contributed by atoms with Gasteiger partial charge in [-0.3, -0.25) is 0 Å². The van der Waals surface area contributed by atoms with Gasteiger partial charge in [0.05, 0.1) is 11.7 Å². The molecule has 1 aliphatic rings. The van der Waals surface area contributed by atoms with Crippen molar-refractivity contribution in [3.63, 3.8) is 0 Å². The second-order valence-electron chi connectivity index (χ2n) is 5.58. The van der Waals surface area contributed by atoms with E-state index in [1.807, 2.05) is 0 Å². The fourth-order valence-corrected chi connectivity index (χ4v) is 2.39. The maximum absolute atomic E-state index is 5.97. The predicted molar refractivity (Wildman–Crippen MR) is 71.0 cm³/mol. The van der Waals surface area contributed by atoms with Crippen LogP contribution < -0.4 is 5.32 Å². The number of benzene rings is 1. The molecule has 1 N–H and O–H groups in total. The maximum Gasteiger partial charge on any atom is 0.0708 e. The van der Waals surface area contributed by atoms with Gasteiger partial charge in [0.25, 0.3) is 0 Å². The Bertz CT molecular complexity index is 347. The van der Waals surface area contributed by atoms with Gasteiger partial charge in [-0.1, -0.05) is 30.3 Å². The Morgan fingerprint density at radius 1 is 1.35 bits per heavy atom. The molecule has 1 saturated heterocycles. The largest absolute Gasteiger partial charge is 0.371 e. The lowest BCUT2D eigenvalue weighted by molar-refractivity contribution is -0.0150. The van der Waals surface area contributed by atoms with Gasteiger partial charge < -0.3 is 10.1 Å². The van der Waals surface area contributed by atoms with E-state index in [1.165, 1.54) is 18.4 Å². The quantitative estimate of drug-likeness (QED) is 0.861. The number of nitrogens with one attached hydrogen (secondary N) is 1. The number of rotatable bonds is 4. The van der Waals surface area contributed by atoms with Crippen LogP contribution in [0.2, 0.25) is 0 Å². The summed E-state index contributed by atoms with van der Waals surface area (Å²) in [5, 5.41) is 3.55. The Morgan fingerprint density at radius 3 is 2.65 bits per heavy atom. The highest BCUT2D eigenvalue weighted by atomic mass is 16.5. The summed E-state index contributed by atoms with van der Waals surface area (Å²) in [5.74, 6) is 0. The zero-order valence-corrected chi connectivity index (χ0v) is 11.1. The first-order valence-corrected chi connectivity index (χ1v) is 6.53. The van der Waals surface area contributed by atoms with E-state index in [1.54, 1.807) is 0 Å². The molecule has 2 heteroatoms. The standard InChI is InChI=1S/C15H23NO/c1-12(13-7-5-4-6-8-13)16-11-14-9-10-15(2,3)17-14/h4-8,12,14,16H,9-11H2,1-3H3. The minimum atomic E-state index is 0.0718. The summed E-state index contributed by atoms with van der Waals surface area (Å²) in [6.45, 7) is 7.50. The zero-order valence-electron chi connectivity index (χ0n) is 11.1. The Morgan fingerprint density at radius 2 is 2.06 bits per heavy atom. The smallest absolute Gasteiger partial charge is 0.0708 e. The van der Waals surface area contributed by atoms with E-state index in [9.17, 15) is 0 Å². The monoisotopic (exact) mass is 233 g/mol. The molecule has 0 aliphatic carbocycles. The molecule has 2 atom stereocenters. The average molecular weight is 233 g/mol. The first kappa shape index (κ1) is 12.6. The van der Waals surface area contributed by atoms with Crippen molar-refractivity contribution in [3.05, 3.63) is 35.9 Å². The van der Waals surface area contributed by atoms with Crippen molar-refractivity contribution < 1.29 is 4.74 Å². The van der Waals surface area contributed by atoms with Crippen LogP contribution in [-0.4, -0.2) is 18.2 Å². The molecule has 2 unspecified atom stereocenters. The molecular weight excluding hydrogens is 210 g/mol. The van der Waals surface area contributed by atoms with Crippen LogP contribution in [0.25, 0.3) is 0 Å². The van der Waals surface area contributed by atoms with Gasteiger partial charge in [0.2, 0.25) is 0 Å². The molecule has 0 amide bonds. The highest BCUT2D eigenvalue weighted by Gasteiger charge is 2.31. The molecule has 17 heavy (non-hydrogen) atoms. The van der Waals surface area contributed by atoms with E-state index in [-0.39, 0.29) is 5.60 Å². The minimum Gasteiger partial charge on any atom is -0.371 e. The third-order valence-corrected chi connectivity index (χ3v) is 3.51. The summed E-state index contributed by atoms with van der Waals surface area (Å²) < 4.78 is 5.97. The Labute approximate surface area is 104 Å². The lowest BCUT2D eigenvalue weighted by Gasteiger charge is -2.21. The highest BCUT2D eigenvalue weighted by molar-refractivity contribution is 5.18. The maximum atomic E-state index is 5.97. The third-order valence-electron chi connectivity index (χ3n) is 3.51. The van der Waals surface area contributed by atoms with Crippen molar-refractivity contribution in [2.75, 3.05) is 6.54 Å². The van der Waals surface area contributed by atoms with Crippen LogP contribution in [0.15, 0.2) is 30.3 Å². The Kier molecular flexibility index (Phi) is 3.85. The van der Waals surface area contributed by atoms with Crippen molar-refractivity contribution in [1.29, 1.82) is 0 Å². The molecule has 0 aromatic heterocycles. The Balaban J connectivity index is 1.79. The molecular formula is C15H23NO. The molecule has 1 heterocycles. The molecule has 2 rings (SSSR count). The summed E-state index contributed by atoms with van der Waals surface area (Å²) >= 11 is 0. The van der Waals surface area contributed by atoms with E-state index in [4.69, 9.17) is 4.74 Å². The van der Waals surface area contributed by atoms with Crippen LogP contribution in [-0.2, 0) is 4.74 Å². The first-order chi connectivity index (χ1) is 8.07. The number of hydrogen-bond donors (Lipinski definition) is 1. The fraction of sp³-hybridized carbons (Fsp3) is 0.600. The molecule has 1 aromatic carbocycles. The molecule has 1 fully saturated rings. The molecule has 1 aliphatic heterocycles. The van der Waals surface area contributed by atoms with E-state index in [2.05, 4.69) is 56.4 Å². The second kappa shape index (κ2) is 5.19. The fourth-order valence-electron chi connectivity index (χ4n) is 2.39. The lowest BCUT2D eigenvalue weighted by atomic mass is 10.1. The van der Waals surface area contributed by atoms with E-state index >= 15 is 0 Å². The van der Waals surface area contributed by atoms with Gasteiger partial charge in [-0.25, -0.2) is 0 Å². The zero-order chi connectivity index (χ0) is 12.3. The first-order valence-electron chi connectivity index (χ1n) is 6.53. The van der Waals surface area contributed by atoms with Crippen molar-refractivity contribution in [2.24, 2.45) is 0 Å². The molecule has 0 radical (unpaired) electrons. The van der Waals surface area contributed by atoms with Gasteiger partial charge in [-0.05, 0) is 39.2 Å². The van der Waals surface area contributed by atoms with Gasteiger partial charge in [0.1, 0.15) is 0 Å². The van der Waals surface area contributed by atoms with Gasteiger partial charge in [0.15, 0.2) is 0 Å². The van der Waals surface area contributed by atoms with Crippen molar-refractivity contribution in [1.82, 2.24) is 5.32 Å². The topological polar surface area (TPSA) is 21.3 Å². The van der Waals surface area contributed by atoms with E-state index in [0.717, 1.165) is 6.54 Å². The van der Waals surface area contributed by atoms with Gasteiger partial charge >= 0.3 is 0 Å². The lowest BCUT2D eigenvalue weighted by Crippen LogP contribution is -2.31. The Hall–Kier alpha value is -0.860. The van der Waals surface area contributed by atoms with Crippen molar-refractivity contribution in [2.45, 2.75) is 51.4 Å². The summed E-state index contributed by atoms with van der Waals surface area (Å²) in [4.78, 5) is 0. The molecule has 0 saturated carbocycles. The SMILES string of the molecule is CC(NCC1CCC(C)(C)O1)c1ccccc1.